The molecule has 1 aromatic heterocycles. The molecule has 0 saturated heterocycles. The minimum absolute atomic E-state index is 0.164. The Kier molecular flexibility index (Phi) is 4.07. The van der Waals surface area contributed by atoms with E-state index in [1.54, 1.807) is 12.1 Å². The van der Waals surface area contributed by atoms with Crippen molar-refractivity contribution in [1.29, 1.82) is 0 Å². The second-order valence-corrected chi connectivity index (χ2v) is 4.49. The van der Waals surface area contributed by atoms with Crippen molar-refractivity contribution in [3.05, 3.63) is 64.2 Å². The summed E-state index contributed by atoms with van der Waals surface area (Å²) in [6.45, 7) is 0. The van der Waals surface area contributed by atoms with Crippen molar-refractivity contribution < 1.29 is 13.2 Å². The molecule has 1 atom stereocenters. The van der Waals surface area contributed by atoms with Gasteiger partial charge in [0.2, 0.25) is 0 Å². The summed E-state index contributed by atoms with van der Waals surface area (Å²) in [6, 6.07) is 4.61. The Bertz CT molecular complexity index is 564. The van der Waals surface area contributed by atoms with Crippen LogP contribution in [-0.4, -0.2) is 4.98 Å². The molecule has 0 bridgehead atoms. The molecule has 0 radical (unpaired) electrons. The number of aromatic nitrogens is 1. The molecule has 0 spiro atoms. The van der Waals surface area contributed by atoms with E-state index >= 15 is 0 Å². The van der Waals surface area contributed by atoms with Gasteiger partial charge in [0.05, 0.1) is 0 Å². The predicted molar refractivity (Wildman–Crippen MR) is 66.2 cm³/mol. The average Bonchev–Trinajstić information content (AvgIpc) is 2.36. The molecule has 19 heavy (non-hydrogen) atoms. The zero-order valence-electron chi connectivity index (χ0n) is 9.71. The summed E-state index contributed by atoms with van der Waals surface area (Å²) in [7, 11) is 0. The van der Waals surface area contributed by atoms with E-state index in [2.05, 4.69) is 4.98 Å². The van der Waals surface area contributed by atoms with Crippen molar-refractivity contribution in [2.45, 2.75) is 12.5 Å². The van der Waals surface area contributed by atoms with Gasteiger partial charge in [-0.3, -0.25) is 0 Å². The summed E-state index contributed by atoms with van der Waals surface area (Å²) in [4.78, 5) is 3.87. The van der Waals surface area contributed by atoms with Crippen LogP contribution in [0.15, 0.2) is 30.5 Å². The Balaban J connectivity index is 2.19. The summed E-state index contributed by atoms with van der Waals surface area (Å²) in [5, 5.41) is 0.329. The Morgan fingerprint density at radius 1 is 1.16 bits per heavy atom. The lowest BCUT2D eigenvalue weighted by atomic mass is 10.0. The Morgan fingerprint density at radius 2 is 1.79 bits per heavy atom. The number of pyridine rings is 1. The molecule has 0 fully saturated rings. The molecular formula is C13H10ClF3N2. The highest BCUT2D eigenvalue weighted by Gasteiger charge is 2.13. The van der Waals surface area contributed by atoms with Crippen molar-refractivity contribution >= 4 is 11.6 Å². The quantitative estimate of drug-likeness (QED) is 0.694. The molecule has 0 amide bonds. The highest BCUT2D eigenvalue weighted by molar-refractivity contribution is 6.29. The molecule has 0 aliphatic rings. The van der Waals surface area contributed by atoms with Crippen molar-refractivity contribution in [3.63, 3.8) is 0 Å². The maximum atomic E-state index is 13.1. The molecule has 0 saturated carbocycles. The van der Waals surface area contributed by atoms with Crippen molar-refractivity contribution in [2.75, 3.05) is 0 Å². The molecule has 0 aliphatic heterocycles. The van der Waals surface area contributed by atoms with Crippen LogP contribution in [0.2, 0.25) is 5.15 Å². The van der Waals surface area contributed by atoms with E-state index in [4.69, 9.17) is 17.3 Å². The molecule has 6 heteroatoms. The fourth-order valence-electron chi connectivity index (χ4n) is 1.70. The van der Waals surface area contributed by atoms with Crippen LogP contribution in [0.25, 0.3) is 0 Å². The molecular weight excluding hydrogens is 277 g/mol. The van der Waals surface area contributed by atoms with Crippen LogP contribution in [0.4, 0.5) is 13.2 Å². The Hall–Kier alpha value is -1.59. The second-order valence-electron chi connectivity index (χ2n) is 4.10. The van der Waals surface area contributed by atoms with Crippen LogP contribution in [-0.2, 0) is 6.42 Å². The van der Waals surface area contributed by atoms with Gasteiger partial charge in [0.1, 0.15) is 5.15 Å². The smallest absolute Gasteiger partial charge is 0.194 e. The normalized spacial score (nSPS) is 12.5. The van der Waals surface area contributed by atoms with Gasteiger partial charge in [0.15, 0.2) is 17.5 Å². The molecule has 1 unspecified atom stereocenters. The summed E-state index contributed by atoms with van der Waals surface area (Å²) in [6.07, 6.45) is 1.65. The fourth-order valence-corrected chi connectivity index (χ4v) is 1.82. The zero-order chi connectivity index (χ0) is 14.0. The first-order valence-electron chi connectivity index (χ1n) is 5.48. The van der Waals surface area contributed by atoms with Crippen LogP contribution in [0.3, 0.4) is 0 Å². The maximum Gasteiger partial charge on any atom is 0.194 e. The van der Waals surface area contributed by atoms with Crippen LogP contribution in [0.1, 0.15) is 17.2 Å². The van der Waals surface area contributed by atoms with Gasteiger partial charge < -0.3 is 5.73 Å². The van der Waals surface area contributed by atoms with Crippen LogP contribution < -0.4 is 5.73 Å². The number of halogens is 4. The van der Waals surface area contributed by atoms with Crippen LogP contribution in [0, 0.1) is 17.5 Å². The fraction of sp³-hybridized carbons (Fsp3) is 0.154. The second kappa shape index (κ2) is 5.59. The lowest BCUT2D eigenvalue weighted by Gasteiger charge is -2.12. The first-order chi connectivity index (χ1) is 8.97. The van der Waals surface area contributed by atoms with Gasteiger partial charge in [0.25, 0.3) is 0 Å². The number of hydrogen-bond acceptors (Lipinski definition) is 2. The van der Waals surface area contributed by atoms with Gasteiger partial charge in [-0.05, 0) is 35.7 Å². The average molecular weight is 287 g/mol. The summed E-state index contributed by atoms with van der Waals surface area (Å²) >= 11 is 5.64. The number of nitrogens with zero attached hydrogens (tertiary/aromatic N) is 1. The number of rotatable bonds is 3. The molecule has 0 aliphatic carbocycles. The standard InChI is InChI=1S/C13H10ClF3N2/c14-12-2-1-8(6-19-12)11(18)5-7-3-9(15)13(17)10(16)4-7/h1-4,6,11H,5,18H2. The van der Waals surface area contributed by atoms with E-state index < -0.39 is 23.5 Å². The first kappa shape index (κ1) is 13.8. The lowest BCUT2D eigenvalue weighted by molar-refractivity contribution is 0.444. The van der Waals surface area contributed by atoms with Gasteiger partial charge in [-0.25, -0.2) is 18.2 Å². The third-order valence-corrected chi connectivity index (χ3v) is 2.90. The number of benzene rings is 1. The maximum absolute atomic E-state index is 13.1. The van der Waals surface area contributed by atoms with Gasteiger partial charge >= 0.3 is 0 Å². The Morgan fingerprint density at radius 3 is 2.32 bits per heavy atom. The predicted octanol–water partition coefficient (Wildman–Crippen LogP) is 3.39. The van der Waals surface area contributed by atoms with Gasteiger partial charge in [-0.15, -0.1) is 0 Å². The molecule has 2 rings (SSSR count). The first-order valence-corrected chi connectivity index (χ1v) is 5.85. The summed E-state index contributed by atoms with van der Waals surface area (Å²) < 4.78 is 38.9. The summed E-state index contributed by atoms with van der Waals surface area (Å²) in [5.41, 5.74) is 6.85. The number of hydrogen-bond donors (Lipinski definition) is 1. The van der Waals surface area contributed by atoms with E-state index in [0.29, 0.717) is 10.7 Å². The highest BCUT2D eigenvalue weighted by Crippen LogP contribution is 2.20. The van der Waals surface area contributed by atoms with Crippen molar-refractivity contribution in [2.24, 2.45) is 5.73 Å². The molecule has 1 aromatic carbocycles. The number of nitrogens with two attached hydrogens (primary N) is 1. The minimum atomic E-state index is -1.48. The van der Waals surface area contributed by atoms with E-state index in [-0.39, 0.29) is 12.0 Å². The van der Waals surface area contributed by atoms with Crippen LogP contribution in [0.5, 0.6) is 0 Å². The van der Waals surface area contributed by atoms with Crippen molar-refractivity contribution in [3.8, 4) is 0 Å². The monoisotopic (exact) mass is 286 g/mol. The van der Waals surface area contributed by atoms with Crippen LogP contribution >= 0.6 is 11.6 Å². The molecule has 2 nitrogen and oxygen atoms in total. The van der Waals surface area contributed by atoms with E-state index in [1.807, 2.05) is 0 Å². The van der Waals surface area contributed by atoms with Gasteiger partial charge in [-0.1, -0.05) is 17.7 Å². The Labute approximate surface area is 113 Å². The summed E-state index contributed by atoms with van der Waals surface area (Å²) in [5.74, 6) is -3.93. The highest BCUT2D eigenvalue weighted by atomic mass is 35.5. The molecule has 2 aromatic rings. The van der Waals surface area contributed by atoms with Gasteiger partial charge in [0, 0.05) is 12.2 Å². The van der Waals surface area contributed by atoms with E-state index in [9.17, 15) is 13.2 Å². The molecule has 100 valence electrons. The third-order valence-electron chi connectivity index (χ3n) is 2.68. The lowest BCUT2D eigenvalue weighted by Crippen LogP contribution is -2.14. The molecule has 1 heterocycles. The van der Waals surface area contributed by atoms with Gasteiger partial charge in [-0.2, -0.15) is 0 Å². The van der Waals surface area contributed by atoms with E-state index in [1.165, 1.54) is 6.20 Å². The zero-order valence-corrected chi connectivity index (χ0v) is 10.5. The topological polar surface area (TPSA) is 38.9 Å². The SMILES string of the molecule is NC(Cc1cc(F)c(F)c(F)c1)c1ccc(Cl)nc1. The van der Waals surface area contributed by atoms with Crippen molar-refractivity contribution in [1.82, 2.24) is 4.98 Å². The van der Waals surface area contributed by atoms with E-state index in [0.717, 1.165) is 12.1 Å². The largest absolute Gasteiger partial charge is 0.324 e. The third kappa shape index (κ3) is 3.24. The molecule has 2 N–H and O–H groups in total. The minimum Gasteiger partial charge on any atom is -0.324 e.